The van der Waals surface area contributed by atoms with E-state index in [1.807, 2.05) is 0 Å². The first-order valence-corrected chi connectivity index (χ1v) is 7.96. The molecule has 0 radical (unpaired) electrons. The molecule has 5 N–H and O–H groups in total. The number of carbonyl (C=O) groups excluding carboxylic acids is 2. The highest BCUT2D eigenvalue weighted by molar-refractivity contribution is 7.80. The molecular weight excluding hydrogens is 385 g/mol. The van der Waals surface area contributed by atoms with Gasteiger partial charge in [0, 0.05) is 18.4 Å². The summed E-state index contributed by atoms with van der Waals surface area (Å²) in [6.07, 6.45) is 0.790. The second-order valence-electron chi connectivity index (χ2n) is 4.44. The van der Waals surface area contributed by atoms with Crippen LogP contribution in [0.4, 0.5) is 0 Å². The Balaban J connectivity index is 4.47. The highest BCUT2D eigenvalue weighted by atomic mass is 35.5. The normalized spacial score (nSPS) is 12.5. The Hall–Kier alpha value is -1.65. The Morgan fingerprint density at radius 1 is 1.12 bits per heavy atom. The summed E-state index contributed by atoms with van der Waals surface area (Å²) in [6.45, 7) is -0.588. The Kier molecular flexibility index (Phi) is 11.0. The van der Waals surface area contributed by atoms with Gasteiger partial charge in [-0.05, 0) is 6.42 Å². The summed E-state index contributed by atoms with van der Waals surface area (Å²) in [5.41, 5.74) is 0. The van der Waals surface area contributed by atoms with Crippen LogP contribution in [0.3, 0.4) is 0 Å². The van der Waals surface area contributed by atoms with E-state index < -0.39 is 42.4 Å². The molecule has 12 heteroatoms. The molecule has 24 heavy (non-hydrogen) atoms. The number of carbonyl (C=O) groups is 4. The first-order valence-electron chi connectivity index (χ1n) is 6.57. The molecule has 0 spiro atoms. The molecule has 0 fully saturated rings. The van der Waals surface area contributed by atoms with Crippen LogP contribution >= 0.6 is 35.8 Å². The molecule has 2 atom stereocenters. The van der Waals surface area contributed by atoms with Crippen molar-refractivity contribution in [2.75, 3.05) is 12.3 Å². The van der Waals surface area contributed by atoms with Gasteiger partial charge in [0.05, 0.1) is 0 Å². The summed E-state index contributed by atoms with van der Waals surface area (Å²) in [5.74, 6) is -3.78. The third-order valence-corrected chi connectivity index (χ3v) is 3.18. The van der Waals surface area contributed by atoms with Gasteiger partial charge in [0.1, 0.15) is 23.1 Å². The first-order chi connectivity index (χ1) is 11.2. The molecule has 0 aliphatic rings. The van der Waals surface area contributed by atoms with Gasteiger partial charge in [-0.1, -0.05) is 23.2 Å². The average molecular weight is 402 g/mol. The predicted molar refractivity (Wildman–Crippen MR) is 90.0 cm³/mol. The molecule has 0 aromatic carbocycles. The highest BCUT2D eigenvalue weighted by Crippen LogP contribution is 2.06. The fourth-order valence-corrected chi connectivity index (χ4v) is 1.85. The van der Waals surface area contributed by atoms with Crippen LogP contribution in [0.25, 0.3) is 0 Å². The third-order valence-electron chi connectivity index (χ3n) is 2.60. The highest BCUT2D eigenvalue weighted by Gasteiger charge is 2.22. The van der Waals surface area contributed by atoms with E-state index in [9.17, 15) is 19.2 Å². The lowest BCUT2D eigenvalue weighted by atomic mass is 10.1. The number of amides is 2. The van der Waals surface area contributed by atoms with Gasteiger partial charge in [0.25, 0.3) is 0 Å². The number of halogens is 2. The Labute approximate surface area is 153 Å². The monoisotopic (exact) mass is 401 g/mol. The van der Waals surface area contributed by atoms with Crippen molar-refractivity contribution in [3.63, 3.8) is 0 Å². The molecule has 0 aliphatic carbocycles. The van der Waals surface area contributed by atoms with E-state index in [1.165, 1.54) is 0 Å². The van der Waals surface area contributed by atoms with Crippen molar-refractivity contribution in [3.05, 3.63) is 10.7 Å². The van der Waals surface area contributed by atoms with E-state index in [-0.39, 0.29) is 23.1 Å². The number of hydrogen-bond acceptors (Lipinski definition) is 6. The zero-order valence-electron chi connectivity index (χ0n) is 12.3. The summed E-state index contributed by atoms with van der Waals surface area (Å²) in [6, 6.07) is -2.13. The van der Waals surface area contributed by atoms with Crippen LogP contribution in [0.5, 0.6) is 0 Å². The molecule has 0 aromatic rings. The van der Waals surface area contributed by atoms with E-state index in [2.05, 4.69) is 28.6 Å². The standard InChI is InChI=1S/C12H17Cl2N3O6S/c13-8(14)3-15-6(12(22)23)1-2-9(18)17-7(5-24)11(21)16-4-10(19)20/h3,6-7,15,24H,1-2,4-5H2,(H,16,21)(H,17,18)(H,19,20)(H,22,23). The second-order valence-corrected chi connectivity index (χ2v) is 5.82. The van der Waals surface area contributed by atoms with E-state index in [0.29, 0.717) is 0 Å². The number of rotatable bonds is 11. The maximum absolute atomic E-state index is 11.8. The summed E-state index contributed by atoms with van der Waals surface area (Å²) in [4.78, 5) is 44.8. The van der Waals surface area contributed by atoms with Crippen LogP contribution in [0.2, 0.25) is 0 Å². The fourth-order valence-electron chi connectivity index (χ4n) is 1.46. The van der Waals surface area contributed by atoms with Crippen molar-refractivity contribution in [3.8, 4) is 0 Å². The zero-order valence-corrected chi connectivity index (χ0v) is 14.7. The summed E-state index contributed by atoms with van der Waals surface area (Å²) in [5, 5.41) is 24.4. The second kappa shape index (κ2) is 11.8. The van der Waals surface area contributed by atoms with Crippen molar-refractivity contribution in [2.24, 2.45) is 0 Å². The molecule has 136 valence electrons. The van der Waals surface area contributed by atoms with Crippen LogP contribution < -0.4 is 16.0 Å². The molecule has 9 nitrogen and oxygen atoms in total. The maximum Gasteiger partial charge on any atom is 0.326 e. The Bertz CT molecular complexity index is 513. The van der Waals surface area contributed by atoms with Gasteiger partial charge >= 0.3 is 11.9 Å². The van der Waals surface area contributed by atoms with E-state index in [1.54, 1.807) is 0 Å². The predicted octanol–water partition coefficient (Wildman–Crippen LogP) is -0.299. The minimum absolute atomic E-state index is 0.0532. The Morgan fingerprint density at radius 2 is 1.75 bits per heavy atom. The maximum atomic E-state index is 11.8. The minimum atomic E-state index is -1.23. The molecular formula is C12H17Cl2N3O6S. The van der Waals surface area contributed by atoms with Crippen molar-refractivity contribution in [1.29, 1.82) is 0 Å². The van der Waals surface area contributed by atoms with Crippen molar-refractivity contribution >= 4 is 59.6 Å². The Morgan fingerprint density at radius 3 is 2.21 bits per heavy atom. The molecule has 2 unspecified atom stereocenters. The summed E-state index contributed by atoms with van der Waals surface area (Å²) in [7, 11) is 0. The largest absolute Gasteiger partial charge is 0.480 e. The number of aliphatic carboxylic acids is 2. The van der Waals surface area contributed by atoms with Crippen LogP contribution in [0, 0.1) is 0 Å². The van der Waals surface area contributed by atoms with Gasteiger partial charge in [-0.3, -0.25) is 14.4 Å². The quantitative estimate of drug-likeness (QED) is 0.260. The number of carboxylic acid groups (broad SMARTS) is 2. The van der Waals surface area contributed by atoms with Crippen LogP contribution in [-0.2, 0) is 19.2 Å². The minimum Gasteiger partial charge on any atom is -0.480 e. The van der Waals surface area contributed by atoms with Crippen molar-refractivity contribution in [2.45, 2.75) is 24.9 Å². The number of carboxylic acids is 2. The molecule has 0 aromatic heterocycles. The van der Waals surface area contributed by atoms with Gasteiger partial charge in [-0.2, -0.15) is 12.6 Å². The number of nitrogens with one attached hydrogen (secondary N) is 3. The molecule has 0 bridgehead atoms. The zero-order chi connectivity index (χ0) is 18.7. The smallest absolute Gasteiger partial charge is 0.326 e. The van der Waals surface area contributed by atoms with Crippen LogP contribution in [0.15, 0.2) is 10.7 Å². The number of thiol groups is 1. The molecule has 0 saturated carbocycles. The van der Waals surface area contributed by atoms with E-state index in [4.69, 9.17) is 33.4 Å². The van der Waals surface area contributed by atoms with Gasteiger partial charge in [0.2, 0.25) is 11.8 Å². The molecule has 0 heterocycles. The summed E-state index contributed by atoms with van der Waals surface area (Å²) >= 11 is 14.6. The third kappa shape index (κ3) is 10.2. The SMILES string of the molecule is O=C(O)CNC(=O)C(CS)NC(=O)CCC(NC=C(Cl)Cl)C(=O)O. The lowest BCUT2D eigenvalue weighted by Gasteiger charge is -2.17. The lowest BCUT2D eigenvalue weighted by Crippen LogP contribution is -2.49. The van der Waals surface area contributed by atoms with E-state index >= 15 is 0 Å². The molecule has 0 rings (SSSR count). The van der Waals surface area contributed by atoms with Crippen LogP contribution in [0.1, 0.15) is 12.8 Å². The topological polar surface area (TPSA) is 145 Å². The van der Waals surface area contributed by atoms with Crippen molar-refractivity contribution in [1.82, 2.24) is 16.0 Å². The van der Waals surface area contributed by atoms with E-state index in [0.717, 1.165) is 6.20 Å². The van der Waals surface area contributed by atoms with Crippen LogP contribution in [-0.4, -0.2) is 58.3 Å². The molecule has 0 aliphatic heterocycles. The molecule has 2 amide bonds. The van der Waals surface area contributed by atoms with Gasteiger partial charge < -0.3 is 26.2 Å². The molecule has 0 saturated heterocycles. The number of hydrogen-bond donors (Lipinski definition) is 6. The van der Waals surface area contributed by atoms with Gasteiger partial charge in [0.15, 0.2) is 0 Å². The van der Waals surface area contributed by atoms with Gasteiger partial charge in [-0.15, -0.1) is 0 Å². The summed E-state index contributed by atoms with van der Waals surface area (Å²) < 4.78 is -0.170. The average Bonchev–Trinajstić information content (AvgIpc) is 2.49. The fraction of sp³-hybridized carbons (Fsp3) is 0.500. The van der Waals surface area contributed by atoms with Crippen molar-refractivity contribution < 1.29 is 29.4 Å². The lowest BCUT2D eigenvalue weighted by molar-refractivity contribution is -0.139. The van der Waals surface area contributed by atoms with Gasteiger partial charge in [-0.25, -0.2) is 4.79 Å². The first kappa shape index (κ1) is 22.4.